The minimum Gasteiger partial charge on any atom is -0.469 e. The molecule has 2 rings (SSSR count). The third-order valence-electron chi connectivity index (χ3n) is 3.39. The molecule has 0 atom stereocenters. The van der Waals surface area contributed by atoms with Crippen LogP contribution in [0.15, 0.2) is 5.38 Å². The van der Waals surface area contributed by atoms with Crippen molar-refractivity contribution < 1.29 is 9.53 Å². The number of ether oxygens (including phenoxy) is 1. The zero-order valence-electron chi connectivity index (χ0n) is 11.2. The second kappa shape index (κ2) is 5.26. The monoisotopic (exact) mass is 268 g/mol. The van der Waals surface area contributed by atoms with E-state index in [9.17, 15) is 4.79 Å². The lowest BCUT2D eigenvalue weighted by atomic mass is 9.99. The van der Waals surface area contributed by atoms with Crippen LogP contribution in [0.1, 0.15) is 38.8 Å². The highest BCUT2D eigenvalue weighted by Gasteiger charge is 2.38. The Hall–Kier alpha value is -1.10. The smallest absolute Gasteiger partial charge is 0.305 e. The Labute approximate surface area is 112 Å². The number of esters is 1. The SMILES string of the molecule is COC(=O)CCc1csc(NC(C)(C)C2CC2)n1. The van der Waals surface area contributed by atoms with Crippen LogP contribution >= 0.6 is 11.3 Å². The Bertz CT molecular complexity index is 424. The van der Waals surface area contributed by atoms with Crippen molar-refractivity contribution in [3.8, 4) is 0 Å². The summed E-state index contributed by atoms with van der Waals surface area (Å²) in [6, 6.07) is 0. The Morgan fingerprint density at radius 1 is 1.61 bits per heavy atom. The second-order valence-electron chi connectivity index (χ2n) is 5.34. The van der Waals surface area contributed by atoms with E-state index in [0.29, 0.717) is 12.8 Å². The highest BCUT2D eigenvalue weighted by atomic mass is 32.1. The molecule has 1 N–H and O–H groups in total. The molecule has 0 aliphatic heterocycles. The van der Waals surface area contributed by atoms with Gasteiger partial charge in [-0.15, -0.1) is 11.3 Å². The number of anilines is 1. The maximum absolute atomic E-state index is 11.1. The van der Waals surface area contributed by atoms with Crippen LogP contribution in [0.25, 0.3) is 0 Å². The summed E-state index contributed by atoms with van der Waals surface area (Å²) in [5.41, 5.74) is 1.08. The molecule has 0 unspecified atom stereocenters. The number of hydrogen-bond donors (Lipinski definition) is 1. The highest BCUT2D eigenvalue weighted by Crippen LogP contribution is 2.41. The van der Waals surface area contributed by atoms with Crippen LogP contribution in [0.2, 0.25) is 0 Å². The van der Waals surface area contributed by atoms with E-state index in [1.165, 1.54) is 20.0 Å². The lowest BCUT2D eigenvalue weighted by Gasteiger charge is -2.25. The minimum absolute atomic E-state index is 0.122. The van der Waals surface area contributed by atoms with Crippen LogP contribution in [-0.2, 0) is 16.0 Å². The quantitative estimate of drug-likeness (QED) is 0.806. The number of thiazole rings is 1. The van der Waals surface area contributed by atoms with Gasteiger partial charge in [-0.05, 0) is 32.6 Å². The predicted octanol–water partition coefficient (Wildman–Crippen LogP) is 2.85. The molecule has 0 saturated heterocycles. The van der Waals surface area contributed by atoms with Crippen molar-refractivity contribution in [1.82, 2.24) is 4.98 Å². The number of carbonyl (C=O) groups is 1. The summed E-state index contributed by atoms with van der Waals surface area (Å²) >= 11 is 1.61. The molecule has 1 fully saturated rings. The topological polar surface area (TPSA) is 51.2 Å². The Kier molecular flexibility index (Phi) is 3.90. The minimum atomic E-state index is -0.184. The summed E-state index contributed by atoms with van der Waals surface area (Å²) in [7, 11) is 1.41. The number of hydrogen-bond acceptors (Lipinski definition) is 5. The number of carbonyl (C=O) groups excluding carboxylic acids is 1. The highest BCUT2D eigenvalue weighted by molar-refractivity contribution is 7.13. The normalized spacial score (nSPS) is 15.5. The molecule has 1 saturated carbocycles. The average molecular weight is 268 g/mol. The molecule has 0 spiro atoms. The van der Waals surface area contributed by atoms with E-state index in [2.05, 4.69) is 28.9 Å². The summed E-state index contributed by atoms with van der Waals surface area (Å²) in [5.74, 6) is 0.579. The zero-order chi connectivity index (χ0) is 13.2. The van der Waals surface area contributed by atoms with Gasteiger partial charge in [-0.2, -0.15) is 0 Å². The van der Waals surface area contributed by atoms with Gasteiger partial charge in [0.25, 0.3) is 0 Å². The number of nitrogens with zero attached hydrogens (tertiary/aromatic N) is 1. The lowest BCUT2D eigenvalue weighted by molar-refractivity contribution is -0.140. The Morgan fingerprint density at radius 2 is 2.33 bits per heavy atom. The first-order valence-electron chi connectivity index (χ1n) is 6.30. The van der Waals surface area contributed by atoms with Gasteiger partial charge in [0, 0.05) is 17.3 Å². The van der Waals surface area contributed by atoms with E-state index >= 15 is 0 Å². The van der Waals surface area contributed by atoms with Gasteiger partial charge in [0.1, 0.15) is 0 Å². The van der Waals surface area contributed by atoms with Gasteiger partial charge in [0.05, 0.1) is 19.2 Å². The molecule has 0 amide bonds. The van der Waals surface area contributed by atoms with E-state index in [1.807, 2.05) is 5.38 Å². The first-order valence-corrected chi connectivity index (χ1v) is 7.18. The van der Waals surface area contributed by atoms with E-state index in [4.69, 9.17) is 0 Å². The third-order valence-corrected chi connectivity index (χ3v) is 4.20. The molecule has 100 valence electrons. The maximum Gasteiger partial charge on any atom is 0.305 e. The van der Waals surface area contributed by atoms with Crippen LogP contribution in [0.4, 0.5) is 5.13 Å². The molecule has 0 radical (unpaired) electrons. The fraction of sp³-hybridized carbons (Fsp3) is 0.692. The van der Waals surface area contributed by atoms with Crippen molar-refractivity contribution in [2.45, 2.75) is 45.1 Å². The molecule has 18 heavy (non-hydrogen) atoms. The van der Waals surface area contributed by atoms with Crippen molar-refractivity contribution in [2.75, 3.05) is 12.4 Å². The summed E-state index contributed by atoms with van der Waals surface area (Å²) in [6.07, 6.45) is 3.65. The van der Waals surface area contributed by atoms with Gasteiger partial charge in [0.2, 0.25) is 0 Å². The van der Waals surface area contributed by atoms with Crippen LogP contribution < -0.4 is 5.32 Å². The van der Waals surface area contributed by atoms with Crippen LogP contribution in [0, 0.1) is 5.92 Å². The first-order chi connectivity index (χ1) is 8.51. The summed E-state index contributed by atoms with van der Waals surface area (Å²) in [6.45, 7) is 4.44. The molecule has 1 aliphatic rings. The van der Waals surface area contributed by atoms with Gasteiger partial charge in [-0.25, -0.2) is 4.98 Å². The van der Waals surface area contributed by atoms with Gasteiger partial charge in [0.15, 0.2) is 5.13 Å². The van der Waals surface area contributed by atoms with Crippen molar-refractivity contribution in [2.24, 2.45) is 5.92 Å². The molecule has 0 aromatic carbocycles. The molecular weight excluding hydrogens is 248 g/mol. The van der Waals surface area contributed by atoms with Crippen molar-refractivity contribution in [3.05, 3.63) is 11.1 Å². The Balaban J connectivity index is 1.87. The first kappa shape index (κ1) is 13.3. The standard InChI is InChI=1S/C13H20N2O2S/c1-13(2,9-4-5-9)15-12-14-10(8-18-12)6-7-11(16)17-3/h8-9H,4-7H2,1-3H3,(H,14,15). The molecule has 5 heteroatoms. The average Bonchev–Trinajstić information content (AvgIpc) is 3.10. The fourth-order valence-electron chi connectivity index (χ4n) is 1.99. The lowest BCUT2D eigenvalue weighted by Crippen LogP contribution is -2.33. The molecule has 1 aromatic heterocycles. The van der Waals surface area contributed by atoms with Crippen molar-refractivity contribution >= 4 is 22.4 Å². The summed E-state index contributed by atoms with van der Waals surface area (Å²) < 4.78 is 4.62. The van der Waals surface area contributed by atoms with E-state index in [0.717, 1.165) is 16.7 Å². The van der Waals surface area contributed by atoms with Gasteiger partial charge in [-0.3, -0.25) is 4.79 Å². The number of rotatable bonds is 6. The maximum atomic E-state index is 11.1. The number of nitrogens with one attached hydrogen (secondary N) is 1. The molecule has 1 aliphatic carbocycles. The molecule has 1 aromatic rings. The second-order valence-corrected chi connectivity index (χ2v) is 6.20. The predicted molar refractivity (Wildman–Crippen MR) is 72.9 cm³/mol. The molecule has 4 nitrogen and oxygen atoms in total. The van der Waals surface area contributed by atoms with Crippen molar-refractivity contribution in [1.29, 1.82) is 0 Å². The fourth-order valence-corrected chi connectivity index (χ4v) is 2.90. The van der Waals surface area contributed by atoms with Gasteiger partial charge < -0.3 is 10.1 Å². The van der Waals surface area contributed by atoms with Crippen LogP contribution in [0.5, 0.6) is 0 Å². The number of aromatic nitrogens is 1. The molecular formula is C13H20N2O2S. The zero-order valence-corrected chi connectivity index (χ0v) is 12.0. The van der Waals surface area contributed by atoms with Gasteiger partial charge >= 0.3 is 5.97 Å². The van der Waals surface area contributed by atoms with E-state index < -0.39 is 0 Å². The Morgan fingerprint density at radius 3 is 2.94 bits per heavy atom. The molecule has 0 bridgehead atoms. The van der Waals surface area contributed by atoms with E-state index in [1.54, 1.807) is 11.3 Å². The van der Waals surface area contributed by atoms with Crippen LogP contribution in [0.3, 0.4) is 0 Å². The summed E-state index contributed by atoms with van der Waals surface area (Å²) in [5, 5.41) is 6.45. The number of methoxy groups -OCH3 is 1. The largest absolute Gasteiger partial charge is 0.469 e. The van der Waals surface area contributed by atoms with Crippen LogP contribution in [-0.4, -0.2) is 23.6 Å². The van der Waals surface area contributed by atoms with Gasteiger partial charge in [-0.1, -0.05) is 0 Å². The third kappa shape index (κ3) is 3.45. The van der Waals surface area contributed by atoms with E-state index in [-0.39, 0.29) is 11.5 Å². The molecule has 1 heterocycles. The van der Waals surface area contributed by atoms with Crippen molar-refractivity contribution in [3.63, 3.8) is 0 Å². The summed E-state index contributed by atoms with van der Waals surface area (Å²) in [4.78, 5) is 15.6. The number of aryl methyl sites for hydroxylation is 1.